The highest BCUT2D eigenvalue weighted by Gasteiger charge is 2.48. The number of ether oxygens (including phenoxy) is 3. The molecule has 0 saturated carbocycles. The fourth-order valence-electron chi connectivity index (χ4n) is 4.96. The van der Waals surface area contributed by atoms with E-state index in [4.69, 9.17) is 14.2 Å². The molecule has 4 rings (SSSR count). The minimum absolute atomic E-state index is 0.128. The van der Waals surface area contributed by atoms with E-state index >= 15 is 0 Å². The van der Waals surface area contributed by atoms with E-state index in [-0.39, 0.29) is 26.0 Å². The lowest BCUT2D eigenvalue weighted by Crippen LogP contribution is -2.60. The molecule has 38 heavy (non-hydrogen) atoms. The van der Waals surface area contributed by atoms with Crippen LogP contribution in [0.25, 0.3) is 0 Å². The Hall–Kier alpha value is -3.88. The number of fused-ring (bicyclic) bond motifs is 1. The molecule has 0 radical (unpaired) electrons. The molecule has 9 heteroatoms. The van der Waals surface area contributed by atoms with Gasteiger partial charge in [-0.2, -0.15) is 0 Å². The first kappa shape index (κ1) is 27.2. The van der Waals surface area contributed by atoms with Gasteiger partial charge in [-0.25, -0.2) is 9.59 Å². The molecule has 2 aliphatic rings. The molecular weight excluding hydrogens is 488 g/mol. The van der Waals surface area contributed by atoms with Crippen molar-refractivity contribution in [2.24, 2.45) is 0 Å². The van der Waals surface area contributed by atoms with Crippen LogP contribution < -0.4 is 4.90 Å². The molecule has 0 aliphatic carbocycles. The van der Waals surface area contributed by atoms with Gasteiger partial charge in [0.05, 0.1) is 6.61 Å². The highest BCUT2D eigenvalue weighted by molar-refractivity contribution is 6.03. The first-order chi connectivity index (χ1) is 18.1. The van der Waals surface area contributed by atoms with E-state index in [0.29, 0.717) is 12.1 Å². The van der Waals surface area contributed by atoms with Crippen molar-refractivity contribution in [1.29, 1.82) is 0 Å². The quantitative estimate of drug-likeness (QED) is 0.414. The molecule has 2 heterocycles. The number of benzene rings is 2. The van der Waals surface area contributed by atoms with Gasteiger partial charge in [0, 0.05) is 12.1 Å². The van der Waals surface area contributed by atoms with Crippen molar-refractivity contribution in [3.8, 4) is 0 Å². The summed E-state index contributed by atoms with van der Waals surface area (Å²) in [6.45, 7) is 6.74. The largest absolute Gasteiger partial charge is 0.464 e. The number of hydrogen-bond acceptors (Lipinski definition) is 7. The molecule has 202 valence electrons. The SMILES string of the molecule is CCOC(=O)C1CC(c2ccccc2)OC(=O)N1[C@H]1CCc2ccccc2N(CC(=O)OC(C)(C)C)C1=O. The second kappa shape index (κ2) is 11.2. The third-order valence-corrected chi connectivity index (χ3v) is 6.52. The molecule has 0 bridgehead atoms. The smallest absolute Gasteiger partial charge is 0.411 e. The number of aryl methyl sites for hydroxylation is 1. The van der Waals surface area contributed by atoms with Crippen LogP contribution in [0, 0.1) is 0 Å². The van der Waals surface area contributed by atoms with Crippen molar-refractivity contribution in [2.45, 2.75) is 70.7 Å². The monoisotopic (exact) mass is 522 g/mol. The molecule has 0 aromatic heterocycles. The van der Waals surface area contributed by atoms with Crippen LogP contribution in [-0.2, 0) is 35.0 Å². The van der Waals surface area contributed by atoms with Crippen molar-refractivity contribution in [2.75, 3.05) is 18.1 Å². The first-order valence-electron chi connectivity index (χ1n) is 12.9. The fraction of sp³-hybridized carbons (Fsp3) is 0.448. The van der Waals surface area contributed by atoms with E-state index in [0.717, 1.165) is 11.1 Å². The summed E-state index contributed by atoms with van der Waals surface area (Å²) in [6, 6.07) is 14.4. The minimum Gasteiger partial charge on any atom is -0.464 e. The molecule has 2 aromatic rings. The number of rotatable bonds is 6. The summed E-state index contributed by atoms with van der Waals surface area (Å²) in [5.41, 5.74) is 1.45. The summed E-state index contributed by atoms with van der Waals surface area (Å²) < 4.78 is 16.6. The molecule has 2 unspecified atom stereocenters. The van der Waals surface area contributed by atoms with E-state index in [9.17, 15) is 19.2 Å². The Balaban J connectivity index is 1.68. The van der Waals surface area contributed by atoms with Crippen LogP contribution in [0.1, 0.15) is 57.8 Å². The summed E-state index contributed by atoms with van der Waals surface area (Å²) >= 11 is 0. The molecule has 2 aliphatic heterocycles. The Morgan fingerprint density at radius 2 is 1.71 bits per heavy atom. The molecule has 2 amide bonds. The summed E-state index contributed by atoms with van der Waals surface area (Å²) in [5, 5.41) is 0. The molecule has 0 N–H and O–H groups in total. The summed E-state index contributed by atoms with van der Waals surface area (Å²) in [7, 11) is 0. The first-order valence-corrected chi connectivity index (χ1v) is 12.9. The molecule has 0 spiro atoms. The van der Waals surface area contributed by atoms with Gasteiger partial charge in [0.2, 0.25) is 0 Å². The van der Waals surface area contributed by atoms with Crippen LogP contribution in [-0.4, -0.2) is 59.7 Å². The maximum Gasteiger partial charge on any atom is 0.411 e. The average Bonchev–Trinajstić information content (AvgIpc) is 3.00. The van der Waals surface area contributed by atoms with Crippen LogP contribution in [0.5, 0.6) is 0 Å². The number of amides is 2. The van der Waals surface area contributed by atoms with Crippen molar-refractivity contribution in [3.63, 3.8) is 0 Å². The van der Waals surface area contributed by atoms with E-state index < -0.39 is 47.7 Å². The zero-order valence-corrected chi connectivity index (χ0v) is 22.2. The molecule has 9 nitrogen and oxygen atoms in total. The Morgan fingerprint density at radius 1 is 1.03 bits per heavy atom. The highest BCUT2D eigenvalue weighted by Crippen LogP contribution is 2.36. The summed E-state index contributed by atoms with van der Waals surface area (Å²) in [5.74, 6) is -1.66. The maximum atomic E-state index is 14.0. The predicted octanol–water partition coefficient (Wildman–Crippen LogP) is 4.19. The van der Waals surface area contributed by atoms with Gasteiger partial charge in [-0.3, -0.25) is 19.4 Å². The number of cyclic esters (lactones) is 1. The number of carbonyl (C=O) groups is 4. The average molecular weight is 523 g/mol. The number of carbonyl (C=O) groups excluding carboxylic acids is 4. The Bertz CT molecular complexity index is 1190. The zero-order valence-electron chi connectivity index (χ0n) is 22.2. The molecule has 1 saturated heterocycles. The highest BCUT2D eigenvalue weighted by atomic mass is 16.6. The van der Waals surface area contributed by atoms with Crippen molar-refractivity contribution < 1.29 is 33.4 Å². The maximum absolute atomic E-state index is 14.0. The van der Waals surface area contributed by atoms with E-state index in [2.05, 4.69) is 0 Å². The lowest BCUT2D eigenvalue weighted by atomic mass is 9.96. The summed E-state index contributed by atoms with van der Waals surface area (Å²) in [6.07, 6.45) is -0.590. The lowest BCUT2D eigenvalue weighted by molar-refractivity contribution is -0.157. The molecular formula is C29H34N2O7. The number of nitrogens with zero attached hydrogens (tertiary/aromatic N) is 2. The third kappa shape index (κ3) is 5.98. The summed E-state index contributed by atoms with van der Waals surface area (Å²) in [4.78, 5) is 56.0. The lowest BCUT2D eigenvalue weighted by Gasteiger charge is -2.41. The number of para-hydroxylation sites is 1. The van der Waals surface area contributed by atoms with Gasteiger partial charge in [0.25, 0.3) is 5.91 Å². The van der Waals surface area contributed by atoms with Gasteiger partial charge < -0.3 is 14.2 Å². The van der Waals surface area contributed by atoms with E-state index in [1.807, 2.05) is 42.5 Å². The normalized spacial score (nSPS) is 21.7. The van der Waals surface area contributed by atoms with Crippen LogP contribution in [0.15, 0.2) is 54.6 Å². The van der Waals surface area contributed by atoms with Crippen LogP contribution in [0.4, 0.5) is 10.5 Å². The van der Waals surface area contributed by atoms with Crippen LogP contribution >= 0.6 is 0 Å². The Kier molecular flexibility index (Phi) is 8.04. The van der Waals surface area contributed by atoms with E-state index in [1.54, 1.807) is 39.8 Å². The van der Waals surface area contributed by atoms with Gasteiger partial charge in [-0.1, -0.05) is 48.5 Å². The van der Waals surface area contributed by atoms with E-state index in [1.165, 1.54) is 9.80 Å². The molecule has 2 aromatic carbocycles. The number of esters is 2. The second-order valence-corrected chi connectivity index (χ2v) is 10.4. The topological polar surface area (TPSA) is 102 Å². The van der Waals surface area contributed by atoms with Gasteiger partial charge in [0.1, 0.15) is 30.3 Å². The number of anilines is 1. The number of hydrogen-bond donors (Lipinski definition) is 0. The van der Waals surface area contributed by atoms with Crippen molar-refractivity contribution >= 4 is 29.6 Å². The zero-order chi connectivity index (χ0) is 27.4. The van der Waals surface area contributed by atoms with Gasteiger partial charge in [-0.05, 0) is 57.7 Å². The molecule has 3 atom stereocenters. The van der Waals surface area contributed by atoms with Crippen LogP contribution in [0.2, 0.25) is 0 Å². The molecule has 1 fully saturated rings. The predicted molar refractivity (Wildman–Crippen MR) is 139 cm³/mol. The second-order valence-electron chi connectivity index (χ2n) is 10.4. The third-order valence-electron chi connectivity index (χ3n) is 6.52. The van der Waals surface area contributed by atoms with Gasteiger partial charge in [-0.15, -0.1) is 0 Å². The Morgan fingerprint density at radius 3 is 2.39 bits per heavy atom. The fourth-order valence-corrected chi connectivity index (χ4v) is 4.96. The van der Waals surface area contributed by atoms with Crippen LogP contribution in [0.3, 0.4) is 0 Å². The van der Waals surface area contributed by atoms with Crippen molar-refractivity contribution in [1.82, 2.24) is 4.90 Å². The minimum atomic E-state index is -1.04. The standard InChI is InChI=1S/C29H34N2O7/c1-5-36-27(34)23-17-24(20-12-7-6-8-13-20)37-28(35)31(23)22-16-15-19-11-9-10-14-21(19)30(26(22)33)18-25(32)38-29(2,3)4/h6-14,22-24H,5,15-18H2,1-4H3/t22-,23?,24?/m0/s1. The van der Waals surface area contributed by atoms with Crippen molar-refractivity contribution in [3.05, 3.63) is 65.7 Å². The van der Waals surface area contributed by atoms with Gasteiger partial charge in [0.15, 0.2) is 0 Å². The Labute approximate surface area is 222 Å². The van der Waals surface area contributed by atoms with Gasteiger partial charge >= 0.3 is 18.0 Å².